The van der Waals surface area contributed by atoms with Crippen molar-refractivity contribution in [3.8, 4) is 0 Å². The van der Waals surface area contributed by atoms with Gasteiger partial charge in [0, 0.05) is 7.05 Å². The molecule has 0 spiro atoms. The molecular formula is C11H13FN2O. The molecule has 1 fully saturated rings. The van der Waals surface area contributed by atoms with E-state index in [-0.39, 0.29) is 17.8 Å². The Morgan fingerprint density at radius 3 is 2.47 bits per heavy atom. The first-order valence-corrected chi connectivity index (χ1v) is 4.87. The number of hydrogen-bond acceptors (Lipinski definition) is 2. The van der Waals surface area contributed by atoms with Gasteiger partial charge in [0.15, 0.2) is 0 Å². The smallest absolute Gasteiger partial charge is 0.239 e. The number of amides is 1. The van der Waals surface area contributed by atoms with Crippen molar-refractivity contribution in [2.24, 2.45) is 5.73 Å². The molecular weight excluding hydrogens is 195 g/mol. The lowest BCUT2D eigenvalue weighted by molar-refractivity contribution is -0.128. The SMILES string of the molecule is CN1C(=O)C(N)CC1c1ccc(F)cc1. The second-order valence-electron chi connectivity index (χ2n) is 3.86. The summed E-state index contributed by atoms with van der Waals surface area (Å²) >= 11 is 0. The largest absolute Gasteiger partial charge is 0.337 e. The highest BCUT2D eigenvalue weighted by Gasteiger charge is 2.35. The van der Waals surface area contributed by atoms with Crippen molar-refractivity contribution < 1.29 is 9.18 Å². The molecule has 1 aliphatic rings. The third-order valence-electron chi connectivity index (χ3n) is 2.86. The van der Waals surface area contributed by atoms with Crippen molar-refractivity contribution >= 4 is 5.91 Å². The number of carbonyl (C=O) groups is 1. The summed E-state index contributed by atoms with van der Waals surface area (Å²) in [4.78, 5) is 13.1. The molecule has 1 aromatic carbocycles. The molecule has 0 aromatic heterocycles. The Bertz CT molecular complexity index is 377. The fraction of sp³-hybridized carbons (Fsp3) is 0.364. The molecule has 1 saturated heterocycles. The van der Waals surface area contributed by atoms with E-state index in [4.69, 9.17) is 5.73 Å². The molecule has 1 aromatic rings. The van der Waals surface area contributed by atoms with Crippen molar-refractivity contribution in [3.63, 3.8) is 0 Å². The average molecular weight is 208 g/mol. The third-order valence-corrected chi connectivity index (χ3v) is 2.86. The fourth-order valence-corrected chi connectivity index (χ4v) is 1.96. The summed E-state index contributed by atoms with van der Waals surface area (Å²) in [5, 5.41) is 0. The van der Waals surface area contributed by atoms with Gasteiger partial charge in [-0.1, -0.05) is 12.1 Å². The normalized spacial score (nSPS) is 26.1. The number of halogens is 1. The first-order valence-electron chi connectivity index (χ1n) is 4.87. The van der Waals surface area contributed by atoms with Gasteiger partial charge in [-0.15, -0.1) is 0 Å². The minimum absolute atomic E-state index is 0.0203. The zero-order valence-electron chi connectivity index (χ0n) is 8.48. The molecule has 1 aliphatic heterocycles. The highest BCUT2D eigenvalue weighted by Crippen LogP contribution is 2.30. The number of carbonyl (C=O) groups excluding carboxylic acids is 1. The van der Waals surface area contributed by atoms with Crippen LogP contribution in [0.4, 0.5) is 4.39 Å². The van der Waals surface area contributed by atoms with Crippen LogP contribution < -0.4 is 5.73 Å². The van der Waals surface area contributed by atoms with Gasteiger partial charge < -0.3 is 10.6 Å². The minimum Gasteiger partial charge on any atom is -0.337 e. The Balaban J connectivity index is 2.25. The van der Waals surface area contributed by atoms with Crippen molar-refractivity contribution in [1.82, 2.24) is 4.90 Å². The van der Waals surface area contributed by atoms with Gasteiger partial charge in [0.1, 0.15) is 5.82 Å². The topological polar surface area (TPSA) is 46.3 Å². The molecule has 80 valence electrons. The monoisotopic (exact) mass is 208 g/mol. The molecule has 0 aliphatic carbocycles. The van der Waals surface area contributed by atoms with Crippen molar-refractivity contribution in [2.75, 3.05) is 7.05 Å². The molecule has 2 unspecified atom stereocenters. The van der Waals surface area contributed by atoms with E-state index in [2.05, 4.69) is 0 Å². The fourth-order valence-electron chi connectivity index (χ4n) is 1.96. The lowest BCUT2D eigenvalue weighted by atomic mass is 10.0. The molecule has 15 heavy (non-hydrogen) atoms. The van der Waals surface area contributed by atoms with Crippen LogP contribution in [0.1, 0.15) is 18.0 Å². The molecule has 1 heterocycles. The quantitative estimate of drug-likeness (QED) is 0.750. The lowest BCUT2D eigenvalue weighted by Gasteiger charge is -2.19. The van der Waals surface area contributed by atoms with Gasteiger partial charge in [-0.25, -0.2) is 4.39 Å². The van der Waals surface area contributed by atoms with E-state index in [1.807, 2.05) is 0 Å². The second kappa shape index (κ2) is 3.62. The number of nitrogens with zero attached hydrogens (tertiary/aromatic N) is 1. The third kappa shape index (κ3) is 1.72. The Labute approximate surface area is 87.7 Å². The molecule has 3 nitrogen and oxygen atoms in total. The summed E-state index contributed by atoms with van der Waals surface area (Å²) < 4.78 is 12.7. The summed E-state index contributed by atoms with van der Waals surface area (Å²) in [6.45, 7) is 0. The molecule has 0 radical (unpaired) electrons. The zero-order chi connectivity index (χ0) is 11.0. The maximum Gasteiger partial charge on any atom is 0.239 e. The van der Waals surface area contributed by atoms with Gasteiger partial charge in [-0.05, 0) is 24.1 Å². The van der Waals surface area contributed by atoms with Crippen LogP contribution in [-0.2, 0) is 4.79 Å². The van der Waals surface area contributed by atoms with Crippen molar-refractivity contribution in [1.29, 1.82) is 0 Å². The minimum atomic E-state index is -0.426. The predicted octanol–water partition coefficient (Wildman–Crippen LogP) is 1.06. The van der Waals surface area contributed by atoms with Crippen LogP contribution in [0.5, 0.6) is 0 Å². The van der Waals surface area contributed by atoms with Crippen LogP contribution in [0.15, 0.2) is 24.3 Å². The van der Waals surface area contributed by atoms with Crippen LogP contribution in [0.25, 0.3) is 0 Å². The first-order chi connectivity index (χ1) is 7.09. The summed E-state index contributed by atoms with van der Waals surface area (Å²) in [5.41, 5.74) is 6.59. The molecule has 4 heteroatoms. The van der Waals surface area contributed by atoms with Crippen molar-refractivity contribution in [2.45, 2.75) is 18.5 Å². The van der Waals surface area contributed by atoms with E-state index < -0.39 is 6.04 Å². The van der Waals surface area contributed by atoms with E-state index in [0.717, 1.165) is 5.56 Å². The van der Waals surface area contributed by atoms with E-state index in [1.165, 1.54) is 12.1 Å². The number of nitrogens with two attached hydrogens (primary N) is 1. The van der Waals surface area contributed by atoms with Gasteiger partial charge in [-0.2, -0.15) is 0 Å². The predicted molar refractivity (Wildman–Crippen MR) is 54.5 cm³/mol. The van der Waals surface area contributed by atoms with Crippen LogP contribution in [0.3, 0.4) is 0 Å². The zero-order valence-corrected chi connectivity index (χ0v) is 8.48. The van der Waals surface area contributed by atoms with Gasteiger partial charge in [-0.3, -0.25) is 4.79 Å². The Hall–Kier alpha value is -1.42. The highest BCUT2D eigenvalue weighted by atomic mass is 19.1. The van der Waals surface area contributed by atoms with Crippen molar-refractivity contribution in [3.05, 3.63) is 35.6 Å². The first kappa shape index (κ1) is 10.1. The van der Waals surface area contributed by atoms with Crippen LogP contribution in [0, 0.1) is 5.82 Å². The molecule has 0 bridgehead atoms. The number of likely N-dealkylation sites (N-methyl/N-ethyl adjacent to an activating group) is 1. The number of hydrogen-bond donors (Lipinski definition) is 1. The lowest BCUT2D eigenvalue weighted by Crippen LogP contribution is -2.31. The Morgan fingerprint density at radius 2 is 2.00 bits per heavy atom. The van der Waals surface area contributed by atoms with Gasteiger partial charge in [0.2, 0.25) is 5.91 Å². The van der Waals surface area contributed by atoms with Gasteiger partial charge in [0.05, 0.1) is 12.1 Å². The maximum atomic E-state index is 12.7. The number of rotatable bonds is 1. The van der Waals surface area contributed by atoms with Crippen LogP contribution >= 0.6 is 0 Å². The van der Waals surface area contributed by atoms with Gasteiger partial charge in [0.25, 0.3) is 0 Å². The molecule has 2 atom stereocenters. The Morgan fingerprint density at radius 1 is 1.40 bits per heavy atom. The van der Waals surface area contributed by atoms with E-state index in [0.29, 0.717) is 6.42 Å². The standard InChI is InChI=1S/C11H13FN2O/c1-14-10(6-9(13)11(14)15)7-2-4-8(12)5-3-7/h2-5,9-10H,6,13H2,1H3. The average Bonchev–Trinajstić information content (AvgIpc) is 2.47. The molecule has 2 N–H and O–H groups in total. The Kier molecular flexibility index (Phi) is 2.44. The number of benzene rings is 1. The molecule has 1 amide bonds. The highest BCUT2D eigenvalue weighted by molar-refractivity contribution is 5.84. The van der Waals surface area contributed by atoms with Crippen LogP contribution in [0.2, 0.25) is 0 Å². The summed E-state index contributed by atoms with van der Waals surface area (Å²) in [6.07, 6.45) is 0.598. The summed E-state index contributed by atoms with van der Waals surface area (Å²) in [7, 11) is 1.73. The molecule has 2 rings (SSSR count). The van der Waals surface area contributed by atoms with E-state index in [1.54, 1.807) is 24.1 Å². The van der Waals surface area contributed by atoms with Gasteiger partial charge >= 0.3 is 0 Å². The molecule has 0 saturated carbocycles. The number of likely N-dealkylation sites (tertiary alicyclic amines) is 1. The maximum absolute atomic E-state index is 12.7. The summed E-state index contributed by atoms with van der Waals surface area (Å²) in [5.74, 6) is -0.320. The summed E-state index contributed by atoms with van der Waals surface area (Å²) in [6, 6.07) is 5.75. The second-order valence-corrected chi connectivity index (χ2v) is 3.86. The van der Waals surface area contributed by atoms with E-state index >= 15 is 0 Å². The van der Waals surface area contributed by atoms with Crippen LogP contribution in [-0.4, -0.2) is 23.9 Å². The van der Waals surface area contributed by atoms with E-state index in [9.17, 15) is 9.18 Å².